The minimum Gasteiger partial charge on any atom is -0.381 e. The monoisotopic (exact) mass is 256 g/mol. The normalized spacial score (nSPS) is 13.0. The Balaban J connectivity index is 3.13. The van der Waals surface area contributed by atoms with E-state index in [4.69, 9.17) is 4.74 Å². The third kappa shape index (κ3) is 16.0. The molecule has 0 bridgehead atoms. The molecule has 0 unspecified atom stereocenters. The SMILES string of the molecule is CC(C)(C)CCCCCCCCOCC(C)(C)C. The predicted octanol–water partition coefficient (Wildman–Crippen LogP) is 5.83. The molecule has 1 heteroatoms. The molecule has 0 aliphatic carbocycles. The summed E-state index contributed by atoms with van der Waals surface area (Å²) in [6, 6.07) is 0. The average molecular weight is 256 g/mol. The van der Waals surface area contributed by atoms with Gasteiger partial charge in [-0.15, -0.1) is 0 Å². The second-order valence-electron chi connectivity index (χ2n) is 8.05. The van der Waals surface area contributed by atoms with Gasteiger partial charge in [-0.2, -0.15) is 0 Å². The van der Waals surface area contributed by atoms with Gasteiger partial charge in [-0.25, -0.2) is 0 Å². The van der Waals surface area contributed by atoms with E-state index in [0.29, 0.717) is 10.8 Å². The van der Waals surface area contributed by atoms with Gasteiger partial charge < -0.3 is 4.74 Å². The van der Waals surface area contributed by atoms with Crippen LogP contribution in [0.2, 0.25) is 0 Å². The van der Waals surface area contributed by atoms with Crippen LogP contribution in [0.1, 0.15) is 86.5 Å². The number of rotatable bonds is 9. The third-order valence-corrected chi connectivity index (χ3v) is 3.00. The predicted molar refractivity (Wildman–Crippen MR) is 82.0 cm³/mol. The third-order valence-electron chi connectivity index (χ3n) is 3.00. The zero-order valence-electron chi connectivity index (χ0n) is 13.8. The summed E-state index contributed by atoms with van der Waals surface area (Å²) >= 11 is 0. The number of hydrogen-bond acceptors (Lipinski definition) is 1. The minimum absolute atomic E-state index is 0.312. The van der Waals surface area contributed by atoms with Gasteiger partial charge in [0.15, 0.2) is 0 Å². The number of ether oxygens (including phenoxy) is 1. The lowest BCUT2D eigenvalue weighted by Gasteiger charge is -2.18. The van der Waals surface area contributed by atoms with Crippen LogP contribution in [0.3, 0.4) is 0 Å². The lowest BCUT2D eigenvalue weighted by molar-refractivity contribution is 0.0686. The van der Waals surface area contributed by atoms with Crippen LogP contribution < -0.4 is 0 Å². The van der Waals surface area contributed by atoms with Gasteiger partial charge in [0.1, 0.15) is 0 Å². The highest BCUT2D eigenvalue weighted by molar-refractivity contribution is 4.61. The van der Waals surface area contributed by atoms with Gasteiger partial charge in [0.05, 0.1) is 6.61 Å². The van der Waals surface area contributed by atoms with Gasteiger partial charge in [0.2, 0.25) is 0 Å². The van der Waals surface area contributed by atoms with Crippen molar-refractivity contribution in [1.29, 1.82) is 0 Å². The standard InChI is InChI=1S/C17H36O/c1-16(2,3)13-11-9-7-8-10-12-14-18-15-17(4,5)6/h7-15H2,1-6H3. The smallest absolute Gasteiger partial charge is 0.0514 e. The van der Waals surface area contributed by atoms with Gasteiger partial charge in [-0.1, -0.05) is 73.6 Å². The first-order valence-corrected chi connectivity index (χ1v) is 7.78. The highest BCUT2D eigenvalue weighted by Crippen LogP contribution is 2.22. The molecule has 0 saturated carbocycles. The summed E-state index contributed by atoms with van der Waals surface area (Å²) in [4.78, 5) is 0. The van der Waals surface area contributed by atoms with E-state index in [1.165, 1.54) is 44.9 Å². The maximum absolute atomic E-state index is 5.67. The van der Waals surface area contributed by atoms with E-state index in [1.54, 1.807) is 0 Å². The molecule has 0 radical (unpaired) electrons. The molecule has 0 aliphatic heterocycles. The van der Waals surface area contributed by atoms with Crippen molar-refractivity contribution in [3.8, 4) is 0 Å². The molecule has 0 saturated heterocycles. The molecule has 1 nitrogen and oxygen atoms in total. The van der Waals surface area contributed by atoms with Crippen molar-refractivity contribution in [1.82, 2.24) is 0 Å². The van der Waals surface area contributed by atoms with E-state index in [9.17, 15) is 0 Å². The van der Waals surface area contributed by atoms with Crippen molar-refractivity contribution >= 4 is 0 Å². The van der Waals surface area contributed by atoms with E-state index in [0.717, 1.165) is 13.2 Å². The number of unbranched alkanes of at least 4 members (excludes halogenated alkanes) is 5. The summed E-state index contributed by atoms with van der Waals surface area (Å²) in [6.45, 7) is 15.5. The first kappa shape index (κ1) is 18.0. The van der Waals surface area contributed by atoms with Crippen LogP contribution in [-0.4, -0.2) is 13.2 Å². The largest absolute Gasteiger partial charge is 0.381 e. The van der Waals surface area contributed by atoms with Crippen LogP contribution in [0, 0.1) is 10.8 Å². The summed E-state index contributed by atoms with van der Waals surface area (Å²) in [6.07, 6.45) is 9.50. The highest BCUT2D eigenvalue weighted by Gasteiger charge is 2.09. The summed E-state index contributed by atoms with van der Waals surface area (Å²) in [5.41, 5.74) is 0.827. The minimum atomic E-state index is 0.312. The van der Waals surface area contributed by atoms with Crippen molar-refractivity contribution in [2.75, 3.05) is 13.2 Å². The van der Waals surface area contributed by atoms with Crippen LogP contribution in [0.5, 0.6) is 0 Å². The Labute approximate surface area is 116 Å². The lowest BCUT2D eigenvalue weighted by Crippen LogP contribution is -2.14. The van der Waals surface area contributed by atoms with E-state index < -0.39 is 0 Å². The van der Waals surface area contributed by atoms with Gasteiger partial charge in [-0.05, 0) is 23.7 Å². The fraction of sp³-hybridized carbons (Fsp3) is 1.00. The Morgan fingerprint density at radius 3 is 1.61 bits per heavy atom. The molecule has 18 heavy (non-hydrogen) atoms. The summed E-state index contributed by atoms with van der Waals surface area (Å²) in [5.74, 6) is 0. The van der Waals surface area contributed by atoms with Crippen LogP contribution in [0.25, 0.3) is 0 Å². The molecular weight excluding hydrogens is 220 g/mol. The molecule has 0 heterocycles. The summed E-state index contributed by atoms with van der Waals surface area (Å²) in [7, 11) is 0. The molecule has 0 aromatic rings. The molecule has 0 aromatic carbocycles. The molecular formula is C17H36O. The second-order valence-corrected chi connectivity index (χ2v) is 8.05. The molecule has 0 atom stereocenters. The van der Waals surface area contributed by atoms with Crippen molar-refractivity contribution in [2.45, 2.75) is 86.5 Å². The Morgan fingerprint density at radius 2 is 1.11 bits per heavy atom. The number of hydrogen-bond donors (Lipinski definition) is 0. The highest BCUT2D eigenvalue weighted by atomic mass is 16.5. The molecule has 0 aliphatic rings. The van der Waals surface area contributed by atoms with E-state index >= 15 is 0 Å². The van der Waals surface area contributed by atoms with Crippen molar-refractivity contribution in [3.05, 3.63) is 0 Å². The molecule has 0 rings (SSSR count). The molecule has 0 spiro atoms. The zero-order chi connectivity index (χ0) is 14.1. The quantitative estimate of drug-likeness (QED) is 0.472. The van der Waals surface area contributed by atoms with Gasteiger partial charge >= 0.3 is 0 Å². The first-order valence-electron chi connectivity index (χ1n) is 7.78. The molecule has 0 amide bonds. The summed E-state index contributed by atoms with van der Waals surface area (Å²) in [5, 5.41) is 0. The topological polar surface area (TPSA) is 9.23 Å². The fourth-order valence-electron chi connectivity index (χ4n) is 1.94. The van der Waals surface area contributed by atoms with Gasteiger partial charge in [0, 0.05) is 6.61 Å². The Hall–Kier alpha value is -0.0400. The maximum atomic E-state index is 5.67. The van der Waals surface area contributed by atoms with Crippen LogP contribution in [0.15, 0.2) is 0 Å². The zero-order valence-corrected chi connectivity index (χ0v) is 13.8. The Bertz CT molecular complexity index is 161. The van der Waals surface area contributed by atoms with Gasteiger partial charge in [-0.3, -0.25) is 0 Å². The van der Waals surface area contributed by atoms with E-state index in [-0.39, 0.29) is 0 Å². The fourth-order valence-corrected chi connectivity index (χ4v) is 1.94. The van der Waals surface area contributed by atoms with Crippen molar-refractivity contribution < 1.29 is 4.74 Å². The molecule has 0 aromatic heterocycles. The average Bonchev–Trinajstić information content (AvgIpc) is 2.17. The molecule has 0 fully saturated rings. The Kier molecular flexibility index (Phi) is 8.94. The van der Waals surface area contributed by atoms with Crippen molar-refractivity contribution in [3.63, 3.8) is 0 Å². The second kappa shape index (κ2) is 8.96. The van der Waals surface area contributed by atoms with Crippen molar-refractivity contribution in [2.24, 2.45) is 10.8 Å². The van der Waals surface area contributed by atoms with Crippen LogP contribution in [-0.2, 0) is 4.74 Å². The van der Waals surface area contributed by atoms with E-state index in [2.05, 4.69) is 41.5 Å². The lowest BCUT2D eigenvalue weighted by atomic mass is 9.89. The first-order chi connectivity index (χ1) is 8.21. The molecule has 110 valence electrons. The van der Waals surface area contributed by atoms with Crippen LogP contribution >= 0.6 is 0 Å². The Morgan fingerprint density at radius 1 is 0.611 bits per heavy atom. The van der Waals surface area contributed by atoms with E-state index in [1.807, 2.05) is 0 Å². The van der Waals surface area contributed by atoms with Gasteiger partial charge in [0.25, 0.3) is 0 Å². The maximum Gasteiger partial charge on any atom is 0.0514 e. The summed E-state index contributed by atoms with van der Waals surface area (Å²) < 4.78 is 5.67. The molecule has 0 N–H and O–H groups in total. The van der Waals surface area contributed by atoms with Crippen LogP contribution in [0.4, 0.5) is 0 Å².